The molecule has 0 unspecified atom stereocenters. The van der Waals surface area contributed by atoms with Crippen molar-refractivity contribution < 1.29 is 9.50 Å². The van der Waals surface area contributed by atoms with Crippen LogP contribution in [-0.2, 0) is 6.54 Å². The minimum Gasteiger partial charge on any atom is -0.389 e. The van der Waals surface area contributed by atoms with Gasteiger partial charge in [0.15, 0.2) is 0 Å². The van der Waals surface area contributed by atoms with Gasteiger partial charge in [0.05, 0.1) is 5.60 Å². The van der Waals surface area contributed by atoms with Crippen LogP contribution in [0.15, 0.2) is 18.2 Å². The van der Waals surface area contributed by atoms with Crippen LogP contribution >= 0.6 is 0 Å². The van der Waals surface area contributed by atoms with Gasteiger partial charge in [-0.1, -0.05) is 13.0 Å². The Bertz CT molecular complexity index is 415. The Labute approximate surface area is 121 Å². The highest BCUT2D eigenvalue weighted by atomic mass is 19.1. The fourth-order valence-electron chi connectivity index (χ4n) is 2.24. The minimum absolute atomic E-state index is 0.194. The molecule has 1 aromatic carbocycles. The third kappa shape index (κ3) is 5.10. The molecule has 0 radical (unpaired) electrons. The maximum Gasteiger partial charge on any atom is 0.129 e. The van der Waals surface area contributed by atoms with Crippen LogP contribution in [0.3, 0.4) is 0 Å². The first kappa shape index (κ1) is 16.9. The van der Waals surface area contributed by atoms with Crippen LogP contribution in [0.2, 0.25) is 0 Å². The Morgan fingerprint density at radius 2 is 2.00 bits per heavy atom. The molecule has 2 N–H and O–H groups in total. The first-order chi connectivity index (χ1) is 9.39. The number of likely N-dealkylation sites (N-methyl/N-ethyl adjacent to an activating group) is 1. The summed E-state index contributed by atoms with van der Waals surface area (Å²) in [5.74, 6) is -0.194. The summed E-state index contributed by atoms with van der Waals surface area (Å²) in [4.78, 5) is 2.02. The number of aliphatic hydroxyl groups is 1. The normalized spacial score (nSPS) is 11.7. The number of benzene rings is 1. The molecular formula is C16H27FN2O. The summed E-state index contributed by atoms with van der Waals surface area (Å²) in [7, 11) is 0. The lowest BCUT2D eigenvalue weighted by Crippen LogP contribution is -2.39. The zero-order valence-electron chi connectivity index (χ0n) is 13.0. The van der Waals surface area contributed by atoms with Crippen molar-refractivity contribution in [3.05, 3.63) is 29.6 Å². The molecule has 0 aliphatic heterocycles. The summed E-state index contributed by atoms with van der Waals surface area (Å²) in [6.07, 6.45) is 1.02. The zero-order valence-corrected chi connectivity index (χ0v) is 13.0. The fourth-order valence-corrected chi connectivity index (χ4v) is 2.24. The van der Waals surface area contributed by atoms with Gasteiger partial charge in [-0.15, -0.1) is 0 Å². The van der Waals surface area contributed by atoms with E-state index in [0.717, 1.165) is 25.2 Å². The first-order valence-corrected chi connectivity index (χ1v) is 7.34. The van der Waals surface area contributed by atoms with Crippen molar-refractivity contribution in [2.75, 3.05) is 24.5 Å². The van der Waals surface area contributed by atoms with Gasteiger partial charge in [-0.05, 0) is 45.9 Å². The lowest BCUT2D eigenvalue weighted by molar-refractivity contribution is 0.0875. The van der Waals surface area contributed by atoms with Gasteiger partial charge in [0.25, 0.3) is 0 Å². The molecule has 0 aliphatic rings. The van der Waals surface area contributed by atoms with Crippen molar-refractivity contribution >= 4 is 5.69 Å². The van der Waals surface area contributed by atoms with Crippen LogP contribution in [0.4, 0.5) is 10.1 Å². The summed E-state index contributed by atoms with van der Waals surface area (Å²) in [5, 5.41) is 13.2. The minimum atomic E-state index is -0.809. The van der Waals surface area contributed by atoms with Gasteiger partial charge in [0.1, 0.15) is 5.82 Å². The average Bonchev–Trinajstić information content (AvgIpc) is 2.37. The van der Waals surface area contributed by atoms with Crippen LogP contribution in [0.25, 0.3) is 0 Å². The van der Waals surface area contributed by atoms with Crippen LogP contribution in [0.5, 0.6) is 0 Å². The molecule has 0 heterocycles. The predicted molar refractivity (Wildman–Crippen MR) is 82.6 cm³/mol. The van der Waals surface area contributed by atoms with E-state index in [2.05, 4.69) is 12.2 Å². The molecule has 1 aromatic rings. The molecule has 114 valence electrons. The van der Waals surface area contributed by atoms with Crippen molar-refractivity contribution in [1.29, 1.82) is 0 Å². The van der Waals surface area contributed by atoms with Gasteiger partial charge < -0.3 is 15.3 Å². The highest BCUT2D eigenvalue weighted by molar-refractivity contribution is 5.54. The van der Waals surface area contributed by atoms with Gasteiger partial charge in [-0.3, -0.25) is 0 Å². The van der Waals surface area contributed by atoms with E-state index in [1.54, 1.807) is 19.9 Å². The summed E-state index contributed by atoms with van der Waals surface area (Å²) < 4.78 is 14.1. The number of anilines is 1. The van der Waals surface area contributed by atoms with Crippen molar-refractivity contribution in [3.63, 3.8) is 0 Å². The van der Waals surface area contributed by atoms with Gasteiger partial charge >= 0.3 is 0 Å². The second-order valence-corrected chi connectivity index (χ2v) is 5.74. The zero-order chi connectivity index (χ0) is 15.2. The van der Waals surface area contributed by atoms with Crippen LogP contribution < -0.4 is 10.2 Å². The van der Waals surface area contributed by atoms with E-state index in [1.807, 2.05) is 17.9 Å². The lowest BCUT2D eigenvalue weighted by atomic mass is 10.1. The molecule has 0 amide bonds. The third-order valence-corrected chi connectivity index (χ3v) is 3.12. The molecule has 0 bridgehead atoms. The Hall–Kier alpha value is -1.13. The molecule has 0 aliphatic carbocycles. The highest BCUT2D eigenvalue weighted by Gasteiger charge is 2.20. The van der Waals surface area contributed by atoms with Gasteiger partial charge in [0.2, 0.25) is 0 Å². The first-order valence-electron chi connectivity index (χ1n) is 7.34. The van der Waals surface area contributed by atoms with E-state index in [0.29, 0.717) is 18.7 Å². The van der Waals surface area contributed by atoms with Crippen LogP contribution in [-0.4, -0.2) is 30.3 Å². The van der Waals surface area contributed by atoms with Crippen LogP contribution in [0, 0.1) is 5.82 Å². The lowest BCUT2D eigenvalue weighted by Gasteiger charge is -2.31. The maximum absolute atomic E-state index is 14.1. The quantitative estimate of drug-likeness (QED) is 0.720. The molecule has 0 saturated heterocycles. The van der Waals surface area contributed by atoms with E-state index >= 15 is 0 Å². The van der Waals surface area contributed by atoms with Gasteiger partial charge in [0, 0.05) is 30.9 Å². The Morgan fingerprint density at radius 3 is 2.55 bits per heavy atom. The standard InChI is InChI=1S/C16H27FN2O/c1-5-10-18-11-13-14(17)8-7-9-15(13)19(6-2)12-16(3,4)20/h7-9,18,20H,5-6,10-12H2,1-4H3. The maximum atomic E-state index is 14.1. The van der Waals surface area contributed by atoms with E-state index in [-0.39, 0.29) is 5.82 Å². The Kier molecular flexibility index (Phi) is 6.43. The molecule has 0 aromatic heterocycles. The summed E-state index contributed by atoms with van der Waals surface area (Å²) in [5.41, 5.74) is 0.724. The van der Waals surface area contributed by atoms with E-state index in [4.69, 9.17) is 0 Å². The highest BCUT2D eigenvalue weighted by Crippen LogP contribution is 2.24. The molecule has 0 fully saturated rings. The summed E-state index contributed by atoms with van der Waals surface area (Å²) in [6.45, 7) is 10.2. The van der Waals surface area contributed by atoms with Crippen molar-refractivity contribution in [1.82, 2.24) is 5.32 Å². The molecule has 4 heteroatoms. The second kappa shape index (κ2) is 7.60. The fraction of sp³-hybridized carbons (Fsp3) is 0.625. The number of hydrogen-bond donors (Lipinski definition) is 2. The Morgan fingerprint density at radius 1 is 1.30 bits per heavy atom. The number of rotatable bonds is 8. The summed E-state index contributed by atoms with van der Waals surface area (Å²) >= 11 is 0. The number of halogens is 1. The number of hydrogen-bond acceptors (Lipinski definition) is 3. The molecule has 0 spiro atoms. The Balaban J connectivity index is 2.98. The summed E-state index contributed by atoms with van der Waals surface area (Å²) in [6, 6.07) is 5.13. The molecule has 0 atom stereocenters. The SMILES string of the molecule is CCCNCc1c(F)cccc1N(CC)CC(C)(C)O. The van der Waals surface area contributed by atoms with Crippen LogP contribution in [0.1, 0.15) is 39.7 Å². The molecule has 20 heavy (non-hydrogen) atoms. The predicted octanol–water partition coefficient (Wildman–Crippen LogP) is 2.92. The number of nitrogens with zero attached hydrogens (tertiary/aromatic N) is 1. The molecule has 3 nitrogen and oxygen atoms in total. The topological polar surface area (TPSA) is 35.5 Å². The largest absolute Gasteiger partial charge is 0.389 e. The molecule has 1 rings (SSSR count). The third-order valence-electron chi connectivity index (χ3n) is 3.12. The van der Waals surface area contributed by atoms with Gasteiger partial charge in [-0.2, -0.15) is 0 Å². The number of nitrogens with one attached hydrogen (secondary N) is 1. The molecular weight excluding hydrogens is 255 g/mol. The van der Waals surface area contributed by atoms with Crippen molar-refractivity contribution in [2.45, 2.75) is 46.3 Å². The monoisotopic (exact) mass is 282 g/mol. The van der Waals surface area contributed by atoms with Crippen molar-refractivity contribution in [3.8, 4) is 0 Å². The smallest absolute Gasteiger partial charge is 0.129 e. The van der Waals surface area contributed by atoms with E-state index in [9.17, 15) is 9.50 Å². The van der Waals surface area contributed by atoms with E-state index in [1.165, 1.54) is 6.07 Å². The molecule has 0 saturated carbocycles. The van der Waals surface area contributed by atoms with Crippen molar-refractivity contribution in [2.24, 2.45) is 0 Å². The van der Waals surface area contributed by atoms with Gasteiger partial charge in [-0.25, -0.2) is 4.39 Å². The average molecular weight is 282 g/mol. The second-order valence-electron chi connectivity index (χ2n) is 5.74. The van der Waals surface area contributed by atoms with E-state index < -0.39 is 5.60 Å².